The molecule has 2 aromatic heterocycles. The molecule has 0 atom stereocenters. The van der Waals surface area contributed by atoms with Gasteiger partial charge in [0.1, 0.15) is 11.5 Å². The van der Waals surface area contributed by atoms with Crippen molar-refractivity contribution in [2.24, 2.45) is 0 Å². The summed E-state index contributed by atoms with van der Waals surface area (Å²) in [5, 5.41) is 9.80. The number of hydrogen-bond donors (Lipinski definition) is 0. The van der Waals surface area contributed by atoms with Gasteiger partial charge in [-0.3, -0.25) is 9.47 Å². The minimum atomic E-state index is -1.08. The van der Waals surface area contributed by atoms with E-state index in [9.17, 15) is 8.78 Å². The SMILES string of the molecule is Fc1cnc(N2CCC(c3nnc4n3-c3ccc(Cl)cc3CN(CC3(F)CC3)C4)CC2)nc1. The van der Waals surface area contributed by atoms with Crippen molar-refractivity contribution in [1.82, 2.24) is 29.6 Å². The molecule has 0 radical (unpaired) electrons. The molecule has 1 aromatic carbocycles. The Labute approximate surface area is 195 Å². The van der Waals surface area contributed by atoms with Crippen molar-refractivity contribution >= 4 is 17.5 Å². The van der Waals surface area contributed by atoms with Gasteiger partial charge in [-0.15, -0.1) is 10.2 Å². The zero-order chi connectivity index (χ0) is 22.6. The van der Waals surface area contributed by atoms with E-state index in [-0.39, 0.29) is 5.92 Å². The van der Waals surface area contributed by atoms with Crippen LogP contribution in [-0.2, 0) is 13.1 Å². The van der Waals surface area contributed by atoms with Crippen LogP contribution in [0.2, 0.25) is 5.02 Å². The van der Waals surface area contributed by atoms with E-state index in [4.69, 9.17) is 11.6 Å². The predicted molar refractivity (Wildman–Crippen MR) is 120 cm³/mol. The van der Waals surface area contributed by atoms with Crippen molar-refractivity contribution in [2.75, 3.05) is 24.5 Å². The molecule has 0 unspecified atom stereocenters. The van der Waals surface area contributed by atoms with Crippen molar-refractivity contribution in [3.8, 4) is 5.69 Å². The summed E-state index contributed by atoms with van der Waals surface area (Å²) in [6, 6.07) is 5.87. The van der Waals surface area contributed by atoms with Gasteiger partial charge in [0.2, 0.25) is 5.95 Å². The summed E-state index contributed by atoms with van der Waals surface area (Å²) in [4.78, 5) is 12.4. The fourth-order valence-corrected chi connectivity index (χ4v) is 5.16. The fourth-order valence-electron chi connectivity index (χ4n) is 4.97. The Balaban J connectivity index is 1.28. The monoisotopic (exact) mass is 471 g/mol. The van der Waals surface area contributed by atoms with E-state index < -0.39 is 11.5 Å². The molecule has 3 aromatic rings. The summed E-state index contributed by atoms with van der Waals surface area (Å²) in [5.41, 5.74) is 1.00. The molecule has 1 aliphatic carbocycles. The molecule has 0 amide bonds. The molecule has 10 heteroatoms. The van der Waals surface area contributed by atoms with Crippen LogP contribution in [0.15, 0.2) is 30.6 Å². The third-order valence-electron chi connectivity index (χ3n) is 6.85. The zero-order valence-electron chi connectivity index (χ0n) is 18.1. The summed E-state index contributed by atoms with van der Waals surface area (Å²) >= 11 is 6.32. The number of nitrogens with zero attached hydrogens (tertiary/aromatic N) is 7. The molecule has 2 aliphatic heterocycles. The van der Waals surface area contributed by atoms with Gasteiger partial charge in [0.05, 0.1) is 24.6 Å². The van der Waals surface area contributed by atoms with Gasteiger partial charge in [-0.2, -0.15) is 0 Å². The third kappa shape index (κ3) is 4.08. The lowest BCUT2D eigenvalue weighted by Gasteiger charge is -2.31. The van der Waals surface area contributed by atoms with E-state index in [0.29, 0.717) is 43.4 Å². The molecule has 0 spiro atoms. The minimum absolute atomic E-state index is 0.217. The van der Waals surface area contributed by atoms with Gasteiger partial charge >= 0.3 is 0 Å². The number of alkyl halides is 1. The Morgan fingerprint density at radius 3 is 2.55 bits per heavy atom. The Hall–Kier alpha value is -2.65. The van der Waals surface area contributed by atoms with Gasteiger partial charge < -0.3 is 4.90 Å². The molecule has 1 saturated carbocycles. The lowest BCUT2D eigenvalue weighted by molar-refractivity contribution is 0.162. The first kappa shape index (κ1) is 20.9. The summed E-state index contributed by atoms with van der Waals surface area (Å²) in [6.07, 6.45) is 5.37. The average molecular weight is 472 g/mol. The number of hydrogen-bond acceptors (Lipinski definition) is 6. The topological polar surface area (TPSA) is 63.0 Å². The van der Waals surface area contributed by atoms with Crippen LogP contribution in [0.4, 0.5) is 14.7 Å². The minimum Gasteiger partial charge on any atom is -0.341 e. The van der Waals surface area contributed by atoms with Crippen LogP contribution in [-0.4, -0.2) is 54.9 Å². The molecule has 0 bridgehead atoms. The summed E-state index contributed by atoms with van der Waals surface area (Å²) in [6.45, 7) is 3.08. The maximum absolute atomic E-state index is 14.6. The summed E-state index contributed by atoms with van der Waals surface area (Å²) < 4.78 is 29.9. The van der Waals surface area contributed by atoms with E-state index in [1.165, 1.54) is 12.4 Å². The van der Waals surface area contributed by atoms with Crippen LogP contribution in [0.25, 0.3) is 5.69 Å². The molecular weight excluding hydrogens is 448 g/mol. The maximum Gasteiger partial charge on any atom is 0.225 e. The molecule has 7 nitrogen and oxygen atoms in total. The number of aromatic nitrogens is 5. The molecular formula is C23H24ClF2N7. The number of halogens is 3. The molecule has 0 N–H and O–H groups in total. The molecule has 1 saturated heterocycles. The maximum atomic E-state index is 14.6. The number of anilines is 1. The van der Waals surface area contributed by atoms with Crippen LogP contribution in [0.5, 0.6) is 0 Å². The fraction of sp³-hybridized carbons (Fsp3) is 0.478. The van der Waals surface area contributed by atoms with Crippen molar-refractivity contribution in [2.45, 2.75) is 50.4 Å². The lowest BCUT2D eigenvalue weighted by atomic mass is 9.95. The largest absolute Gasteiger partial charge is 0.341 e. The standard InChI is InChI=1S/C23H24ClF2N7/c24-17-1-2-19-16(9-17)12-31(14-23(26)5-6-23)13-20-29-30-21(33(19)20)15-3-7-32(8-4-15)22-27-10-18(25)11-28-22/h1-2,9-11,15H,3-8,12-14H2. The quantitative estimate of drug-likeness (QED) is 0.572. The summed E-state index contributed by atoms with van der Waals surface area (Å²) in [7, 11) is 0. The van der Waals surface area contributed by atoms with Crippen LogP contribution in [0.3, 0.4) is 0 Å². The van der Waals surface area contributed by atoms with Gasteiger partial charge in [-0.25, -0.2) is 18.7 Å². The first-order valence-corrected chi connectivity index (χ1v) is 11.7. The smallest absolute Gasteiger partial charge is 0.225 e. The van der Waals surface area contributed by atoms with Gasteiger partial charge in [0.15, 0.2) is 11.6 Å². The van der Waals surface area contributed by atoms with Gasteiger partial charge in [-0.1, -0.05) is 11.6 Å². The van der Waals surface area contributed by atoms with E-state index in [1.54, 1.807) is 0 Å². The molecule has 6 rings (SSSR count). The van der Waals surface area contributed by atoms with Crippen molar-refractivity contribution < 1.29 is 8.78 Å². The van der Waals surface area contributed by atoms with Crippen molar-refractivity contribution in [3.63, 3.8) is 0 Å². The average Bonchev–Trinajstić information content (AvgIpc) is 3.43. The predicted octanol–water partition coefficient (Wildman–Crippen LogP) is 4.05. The van der Waals surface area contributed by atoms with Gasteiger partial charge in [-0.05, 0) is 49.4 Å². The molecule has 4 heterocycles. The van der Waals surface area contributed by atoms with E-state index in [0.717, 1.165) is 48.8 Å². The second kappa shape index (κ2) is 7.99. The van der Waals surface area contributed by atoms with Crippen LogP contribution < -0.4 is 4.90 Å². The van der Waals surface area contributed by atoms with E-state index in [1.807, 2.05) is 18.2 Å². The van der Waals surface area contributed by atoms with E-state index in [2.05, 4.69) is 34.5 Å². The molecule has 172 valence electrons. The van der Waals surface area contributed by atoms with E-state index >= 15 is 0 Å². The van der Waals surface area contributed by atoms with Gasteiger partial charge in [0.25, 0.3) is 0 Å². The second-order valence-corrected chi connectivity index (χ2v) is 9.78. The Kier molecular flexibility index (Phi) is 5.06. The number of piperidine rings is 1. The zero-order valence-corrected chi connectivity index (χ0v) is 18.8. The highest BCUT2D eigenvalue weighted by Crippen LogP contribution is 2.42. The van der Waals surface area contributed by atoms with Gasteiger partial charge in [0, 0.05) is 37.1 Å². The Morgan fingerprint density at radius 2 is 1.82 bits per heavy atom. The first-order chi connectivity index (χ1) is 16.0. The number of fused-ring (bicyclic) bond motifs is 3. The third-order valence-corrected chi connectivity index (χ3v) is 7.08. The highest BCUT2D eigenvalue weighted by atomic mass is 35.5. The van der Waals surface area contributed by atoms with Crippen LogP contribution >= 0.6 is 11.6 Å². The normalized spacial score (nSPS) is 20.3. The highest BCUT2D eigenvalue weighted by Gasteiger charge is 2.45. The number of benzene rings is 1. The first-order valence-electron chi connectivity index (χ1n) is 11.3. The second-order valence-electron chi connectivity index (χ2n) is 9.34. The molecule has 33 heavy (non-hydrogen) atoms. The summed E-state index contributed by atoms with van der Waals surface area (Å²) in [5.74, 6) is 2.09. The Morgan fingerprint density at radius 1 is 1.06 bits per heavy atom. The Bertz CT molecular complexity index is 1170. The highest BCUT2D eigenvalue weighted by molar-refractivity contribution is 6.30. The molecule has 3 aliphatic rings. The lowest BCUT2D eigenvalue weighted by Crippen LogP contribution is -2.35. The van der Waals surface area contributed by atoms with Crippen molar-refractivity contribution in [1.29, 1.82) is 0 Å². The molecule has 2 fully saturated rings. The van der Waals surface area contributed by atoms with Crippen LogP contribution in [0.1, 0.15) is 48.8 Å². The van der Waals surface area contributed by atoms with Crippen molar-refractivity contribution in [3.05, 3.63) is 58.6 Å². The van der Waals surface area contributed by atoms with Crippen LogP contribution in [0, 0.1) is 5.82 Å². The number of rotatable bonds is 4.